The van der Waals surface area contributed by atoms with Crippen LogP contribution in [0.3, 0.4) is 0 Å². The summed E-state index contributed by atoms with van der Waals surface area (Å²) in [5.74, 6) is 0. The van der Waals surface area contributed by atoms with Crippen molar-refractivity contribution in [1.29, 1.82) is 0 Å². The van der Waals surface area contributed by atoms with Crippen LogP contribution in [-0.4, -0.2) is 25.4 Å². The molecule has 0 spiro atoms. The Balaban J connectivity index is 2.90. The van der Waals surface area contributed by atoms with Gasteiger partial charge in [-0.05, 0) is 30.7 Å². The number of anilines is 1. The van der Waals surface area contributed by atoms with Gasteiger partial charge < -0.3 is 4.90 Å². The number of halogens is 1. The maximum Gasteiger partial charge on any atom is 0.152 e. The van der Waals surface area contributed by atoms with Gasteiger partial charge in [0.05, 0.1) is 5.52 Å². The molecule has 4 heteroatoms. The average molecular weight is 249 g/mol. The van der Waals surface area contributed by atoms with Crippen molar-refractivity contribution in [3.05, 3.63) is 34.5 Å². The van der Waals surface area contributed by atoms with E-state index in [2.05, 4.69) is 4.98 Å². The molecule has 1 aromatic carbocycles. The van der Waals surface area contributed by atoms with Crippen molar-refractivity contribution in [3.8, 4) is 0 Å². The van der Waals surface area contributed by atoms with Gasteiger partial charge in [-0.2, -0.15) is 0 Å². The second-order valence-corrected chi connectivity index (χ2v) is 4.54. The Hall–Kier alpha value is -1.61. The van der Waals surface area contributed by atoms with Gasteiger partial charge >= 0.3 is 0 Å². The molecule has 1 aromatic heterocycles. The molecule has 2 rings (SSSR count). The molecule has 0 bridgehead atoms. The molecule has 0 N–H and O–H groups in total. The Morgan fingerprint density at radius 2 is 2.06 bits per heavy atom. The van der Waals surface area contributed by atoms with Crippen LogP contribution in [0.4, 0.5) is 5.69 Å². The molecule has 0 aliphatic rings. The Labute approximate surface area is 105 Å². The first kappa shape index (κ1) is 11.9. The summed E-state index contributed by atoms with van der Waals surface area (Å²) in [5.41, 5.74) is 3.15. The van der Waals surface area contributed by atoms with Gasteiger partial charge in [-0.3, -0.25) is 4.79 Å². The Bertz CT molecular complexity index is 593. The predicted molar refractivity (Wildman–Crippen MR) is 71.2 cm³/mol. The number of nitrogens with zero attached hydrogens (tertiary/aromatic N) is 2. The van der Waals surface area contributed by atoms with Crippen LogP contribution in [0.2, 0.25) is 5.15 Å². The van der Waals surface area contributed by atoms with E-state index in [9.17, 15) is 4.79 Å². The topological polar surface area (TPSA) is 33.2 Å². The van der Waals surface area contributed by atoms with Crippen LogP contribution in [0.1, 0.15) is 15.9 Å². The molecule has 0 saturated heterocycles. The van der Waals surface area contributed by atoms with Crippen LogP contribution < -0.4 is 4.90 Å². The highest BCUT2D eigenvalue weighted by Gasteiger charge is 2.10. The van der Waals surface area contributed by atoms with Gasteiger partial charge in [-0.25, -0.2) is 4.98 Å². The molecule has 3 nitrogen and oxygen atoms in total. The molecule has 0 aliphatic carbocycles. The highest BCUT2D eigenvalue weighted by atomic mass is 35.5. The summed E-state index contributed by atoms with van der Waals surface area (Å²) in [6.45, 7) is 1.90. The van der Waals surface area contributed by atoms with Crippen LogP contribution >= 0.6 is 11.6 Å². The van der Waals surface area contributed by atoms with E-state index in [0.717, 1.165) is 22.9 Å². The fourth-order valence-corrected chi connectivity index (χ4v) is 1.97. The van der Waals surface area contributed by atoms with Crippen LogP contribution in [0.5, 0.6) is 0 Å². The molecule has 17 heavy (non-hydrogen) atoms. The minimum absolute atomic E-state index is 0.441. The van der Waals surface area contributed by atoms with Gasteiger partial charge in [0.1, 0.15) is 5.15 Å². The lowest BCUT2D eigenvalue weighted by molar-refractivity contribution is 0.112. The van der Waals surface area contributed by atoms with Crippen LogP contribution in [-0.2, 0) is 0 Å². The number of rotatable bonds is 2. The number of aldehydes is 1. The van der Waals surface area contributed by atoms with E-state index in [1.54, 1.807) is 6.07 Å². The predicted octanol–water partition coefficient (Wildman–Crippen LogP) is 3.08. The maximum absolute atomic E-state index is 11.0. The minimum atomic E-state index is 0.441. The molecule has 0 fully saturated rings. The Kier molecular flexibility index (Phi) is 3.03. The zero-order valence-corrected chi connectivity index (χ0v) is 10.7. The van der Waals surface area contributed by atoms with E-state index in [4.69, 9.17) is 11.6 Å². The van der Waals surface area contributed by atoms with Crippen molar-refractivity contribution in [2.75, 3.05) is 19.0 Å². The second-order valence-electron chi connectivity index (χ2n) is 4.18. The number of carbonyl (C=O) groups is 1. The number of fused-ring (bicyclic) bond motifs is 1. The second kappa shape index (κ2) is 4.34. The highest BCUT2D eigenvalue weighted by Crippen LogP contribution is 2.29. The fraction of sp³-hybridized carbons (Fsp3) is 0.231. The monoisotopic (exact) mass is 248 g/mol. The largest absolute Gasteiger partial charge is 0.377 e. The number of hydrogen-bond acceptors (Lipinski definition) is 3. The number of pyridine rings is 1. The smallest absolute Gasteiger partial charge is 0.152 e. The molecule has 1 heterocycles. The summed E-state index contributed by atoms with van der Waals surface area (Å²) < 4.78 is 0. The first-order valence-corrected chi connectivity index (χ1v) is 5.64. The lowest BCUT2D eigenvalue weighted by atomic mass is 10.1. The molecule has 88 valence electrons. The summed E-state index contributed by atoms with van der Waals surface area (Å²) in [6, 6.07) is 5.65. The first-order valence-electron chi connectivity index (χ1n) is 5.27. The van der Waals surface area contributed by atoms with Gasteiger partial charge in [0.25, 0.3) is 0 Å². The molecule has 0 saturated carbocycles. The molecular weight excluding hydrogens is 236 g/mol. The standard InChI is InChI=1S/C13H13ClN2O/c1-8-6-10-11(16(2)3)5-4-9(7-17)12(10)15-13(8)14/h4-7H,1-3H3. The van der Waals surface area contributed by atoms with Crippen LogP contribution in [0.15, 0.2) is 18.2 Å². The number of carbonyl (C=O) groups excluding carboxylic acids is 1. The van der Waals surface area contributed by atoms with E-state index >= 15 is 0 Å². The van der Waals surface area contributed by atoms with Gasteiger partial charge in [-0.15, -0.1) is 0 Å². The van der Waals surface area contributed by atoms with Gasteiger partial charge in [0.2, 0.25) is 0 Å². The molecule has 0 atom stereocenters. The van der Waals surface area contributed by atoms with E-state index < -0.39 is 0 Å². The Morgan fingerprint density at radius 3 is 2.65 bits per heavy atom. The van der Waals surface area contributed by atoms with Gasteiger partial charge in [0, 0.05) is 30.7 Å². The molecule has 0 radical (unpaired) electrons. The summed E-state index contributed by atoms with van der Waals surface area (Å²) in [5, 5.41) is 1.39. The first-order chi connectivity index (χ1) is 8.04. The Morgan fingerprint density at radius 1 is 1.35 bits per heavy atom. The number of aromatic nitrogens is 1. The number of hydrogen-bond donors (Lipinski definition) is 0. The normalized spacial score (nSPS) is 10.6. The van der Waals surface area contributed by atoms with Crippen molar-refractivity contribution in [2.45, 2.75) is 6.92 Å². The lowest BCUT2D eigenvalue weighted by Gasteiger charge is -2.16. The summed E-state index contributed by atoms with van der Waals surface area (Å²) in [7, 11) is 3.92. The zero-order valence-electron chi connectivity index (χ0n) is 9.99. The van der Waals surface area contributed by atoms with Crippen LogP contribution in [0.25, 0.3) is 10.9 Å². The minimum Gasteiger partial charge on any atom is -0.377 e. The summed E-state index contributed by atoms with van der Waals surface area (Å²) in [6.07, 6.45) is 0.806. The highest BCUT2D eigenvalue weighted by molar-refractivity contribution is 6.30. The van der Waals surface area contributed by atoms with Gasteiger partial charge in [0.15, 0.2) is 6.29 Å². The lowest BCUT2D eigenvalue weighted by Crippen LogP contribution is -2.09. The van der Waals surface area contributed by atoms with Crippen LogP contribution in [0, 0.1) is 6.92 Å². The van der Waals surface area contributed by atoms with Crippen molar-refractivity contribution in [1.82, 2.24) is 4.98 Å². The van der Waals surface area contributed by atoms with Gasteiger partial charge in [-0.1, -0.05) is 11.6 Å². The van der Waals surface area contributed by atoms with Crippen molar-refractivity contribution < 1.29 is 4.79 Å². The third-order valence-corrected chi connectivity index (χ3v) is 3.11. The van der Waals surface area contributed by atoms with E-state index in [0.29, 0.717) is 16.2 Å². The van der Waals surface area contributed by atoms with Crippen molar-refractivity contribution >= 4 is 34.5 Å². The van der Waals surface area contributed by atoms with E-state index in [1.807, 2.05) is 38.1 Å². The van der Waals surface area contributed by atoms with E-state index in [1.165, 1.54) is 0 Å². The summed E-state index contributed by atoms with van der Waals surface area (Å²) >= 11 is 6.01. The van der Waals surface area contributed by atoms with Crippen molar-refractivity contribution in [3.63, 3.8) is 0 Å². The SMILES string of the molecule is Cc1cc2c(N(C)C)ccc(C=O)c2nc1Cl. The third-order valence-electron chi connectivity index (χ3n) is 2.73. The molecular formula is C13H13ClN2O. The average Bonchev–Trinajstić information content (AvgIpc) is 2.29. The summed E-state index contributed by atoms with van der Waals surface area (Å²) in [4.78, 5) is 17.3. The number of benzene rings is 1. The molecule has 0 amide bonds. The quantitative estimate of drug-likeness (QED) is 0.605. The molecule has 0 aliphatic heterocycles. The maximum atomic E-state index is 11.0. The van der Waals surface area contributed by atoms with Crippen molar-refractivity contribution in [2.24, 2.45) is 0 Å². The fourth-order valence-electron chi connectivity index (χ4n) is 1.83. The van der Waals surface area contributed by atoms with E-state index in [-0.39, 0.29) is 0 Å². The third kappa shape index (κ3) is 1.98. The molecule has 2 aromatic rings. The zero-order chi connectivity index (χ0) is 12.6. The molecule has 0 unspecified atom stereocenters. The number of aryl methyl sites for hydroxylation is 1.